The number of phenolic OH excluding ortho intramolecular Hbond substituents is 1. The van der Waals surface area contributed by atoms with Crippen molar-refractivity contribution in [2.24, 2.45) is 17.6 Å². The number of methoxy groups -OCH3 is 1. The van der Waals surface area contributed by atoms with Crippen molar-refractivity contribution in [3.63, 3.8) is 0 Å². The molecule has 2 aromatic rings. The average molecular weight is 727 g/mol. The molecule has 0 saturated heterocycles. The first-order valence-corrected chi connectivity index (χ1v) is 18.7. The molecule has 0 heterocycles. The minimum Gasteiger partial charge on any atom is -0.508 e. The number of amides is 1. The van der Waals surface area contributed by atoms with E-state index in [1.54, 1.807) is 70.3 Å². The third-order valence-electron chi connectivity index (χ3n) is 10.2. The number of carbonyl (C=O) groups is 3. The Balaban J connectivity index is 1.72. The van der Waals surface area contributed by atoms with Crippen LogP contribution >= 0.6 is 7.37 Å². The summed E-state index contributed by atoms with van der Waals surface area (Å²) in [6.07, 6.45) is 0.853. The minimum atomic E-state index is -3.48. The number of primary amides is 1. The number of benzene rings is 2. The number of ether oxygens (including phenoxy) is 1. The second kappa shape index (κ2) is 14.0. The predicted octanol–water partition coefficient (Wildman–Crippen LogP) is 3.87. The van der Waals surface area contributed by atoms with Gasteiger partial charge in [-0.3, -0.25) is 23.8 Å². The topological polar surface area (TPSA) is 212 Å². The van der Waals surface area contributed by atoms with E-state index in [4.69, 9.17) is 15.0 Å². The fourth-order valence-corrected chi connectivity index (χ4v) is 10.5. The van der Waals surface area contributed by atoms with E-state index in [-0.39, 0.29) is 42.4 Å². The van der Waals surface area contributed by atoms with Gasteiger partial charge in [0.15, 0.2) is 11.4 Å². The van der Waals surface area contributed by atoms with E-state index in [1.165, 1.54) is 12.0 Å². The molecule has 2 aromatic carbocycles. The highest BCUT2D eigenvalue weighted by molar-refractivity contribution is 7.59. The molecule has 14 nitrogen and oxygen atoms in total. The molecule has 0 aliphatic heterocycles. The largest absolute Gasteiger partial charge is 0.508 e. The zero-order valence-corrected chi connectivity index (χ0v) is 30.8. The number of phenols is 1. The summed E-state index contributed by atoms with van der Waals surface area (Å²) in [6, 6.07) is 7.43. The van der Waals surface area contributed by atoms with Crippen molar-refractivity contribution in [2.45, 2.75) is 50.5 Å². The second-order valence-corrected chi connectivity index (χ2v) is 16.4. The van der Waals surface area contributed by atoms with Crippen molar-refractivity contribution in [2.75, 3.05) is 58.3 Å². The number of rotatable bonds is 12. The molecule has 0 spiro atoms. The number of carbonyl (C=O) groups excluding carboxylic acids is 3. The maximum absolute atomic E-state index is 14.5. The van der Waals surface area contributed by atoms with Crippen molar-refractivity contribution < 1.29 is 48.6 Å². The molecule has 2 unspecified atom stereocenters. The first-order valence-electron chi connectivity index (χ1n) is 16.8. The molecular weight excluding hydrogens is 679 g/mol. The first-order chi connectivity index (χ1) is 24.0. The first kappa shape index (κ1) is 37.9. The van der Waals surface area contributed by atoms with E-state index in [1.807, 2.05) is 6.92 Å². The molecule has 1 amide bonds. The van der Waals surface area contributed by atoms with Gasteiger partial charge in [-0.05, 0) is 75.5 Å². The number of fused-ring (bicyclic) bond motifs is 3. The molecule has 0 aromatic heterocycles. The minimum absolute atomic E-state index is 0.0342. The molecular formula is C36H47N4O10P. The van der Waals surface area contributed by atoms with Crippen LogP contribution in [0.5, 0.6) is 11.5 Å². The smallest absolute Gasteiger partial charge is 0.255 e. The molecule has 7 N–H and O–H groups in total. The van der Waals surface area contributed by atoms with Crippen LogP contribution in [0.1, 0.15) is 49.2 Å². The van der Waals surface area contributed by atoms with Crippen molar-refractivity contribution in [3.8, 4) is 11.5 Å². The number of hydrogen-bond acceptors (Lipinski definition) is 13. The number of Topliss-reactive ketones (excluding diaryl/α,β-unsaturated/α-hetero) is 2. The van der Waals surface area contributed by atoms with E-state index in [9.17, 15) is 39.4 Å². The highest BCUT2D eigenvalue weighted by atomic mass is 31.2. The van der Waals surface area contributed by atoms with Gasteiger partial charge in [0, 0.05) is 37.4 Å². The van der Waals surface area contributed by atoms with Crippen LogP contribution < -0.4 is 20.7 Å². The third kappa shape index (κ3) is 6.07. The summed E-state index contributed by atoms with van der Waals surface area (Å²) in [5.41, 5.74) is 3.21. The lowest BCUT2D eigenvalue weighted by Gasteiger charge is -2.50. The molecule has 0 radical (unpaired) electrons. The molecule has 1 saturated carbocycles. The van der Waals surface area contributed by atoms with E-state index in [0.717, 1.165) is 0 Å². The zero-order valence-electron chi connectivity index (χ0n) is 29.9. The van der Waals surface area contributed by atoms with Crippen LogP contribution in [0.3, 0.4) is 0 Å². The normalized spacial score (nSPS) is 24.8. The fourth-order valence-electron chi connectivity index (χ4n) is 7.94. The highest BCUT2D eigenvalue weighted by Gasteiger charge is 2.64. The van der Waals surface area contributed by atoms with Gasteiger partial charge in [0.25, 0.3) is 5.91 Å². The Morgan fingerprint density at radius 3 is 2.29 bits per heavy atom. The van der Waals surface area contributed by atoms with Gasteiger partial charge in [-0.2, -0.15) is 0 Å². The van der Waals surface area contributed by atoms with Gasteiger partial charge in [-0.15, -0.1) is 0 Å². The molecule has 3 aliphatic carbocycles. The molecule has 15 heteroatoms. The monoisotopic (exact) mass is 726 g/mol. The summed E-state index contributed by atoms with van der Waals surface area (Å²) < 4.78 is 25.8. The molecule has 3 aliphatic rings. The van der Waals surface area contributed by atoms with Crippen LogP contribution in [-0.4, -0.2) is 103 Å². The Labute approximate surface area is 297 Å². The maximum Gasteiger partial charge on any atom is 0.255 e. The fraction of sp³-hybridized carbons (Fsp3) is 0.472. The van der Waals surface area contributed by atoms with Crippen LogP contribution in [-0.2, 0) is 29.9 Å². The predicted molar refractivity (Wildman–Crippen MR) is 192 cm³/mol. The van der Waals surface area contributed by atoms with E-state index in [0.29, 0.717) is 29.0 Å². The zero-order chi connectivity index (χ0) is 37.7. The molecule has 51 heavy (non-hydrogen) atoms. The van der Waals surface area contributed by atoms with Gasteiger partial charge in [0.2, 0.25) is 13.2 Å². The van der Waals surface area contributed by atoms with Crippen molar-refractivity contribution in [3.05, 3.63) is 63.9 Å². The Hall–Kier alpha value is -4.36. The summed E-state index contributed by atoms with van der Waals surface area (Å²) in [6.45, 7) is 3.81. The van der Waals surface area contributed by atoms with Crippen LogP contribution in [0, 0.1) is 11.8 Å². The molecule has 6 atom stereocenters. The Bertz CT molecular complexity index is 1860. The maximum atomic E-state index is 14.5. The lowest BCUT2D eigenvalue weighted by molar-refractivity contribution is -0.153. The Morgan fingerprint density at radius 2 is 1.76 bits per heavy atom. The second-order valence-electron chi connectivity index (χ2n) is 13.7. The number of ketones is 2. The summed E-state index contributed by atoms with van der Waals surface area (Å²) in [4.78, 5) is 43.4. The highest BCUT2D eigenvalue weighted by Crippen LogP contribution is 2.62. The van der Waals surface area contributed by atoms with Crippen LogP contribution in [0.2, 0.25) is 0 Å². The lowest BCUT2D eigenvalue weighted by atomic mass is 9.57. The van der Waals surface area contributed by atoms with Gasteiger partial charge in [-0.25, -0.2) is 0 Å². The number of aliphatic hydroxyl groups is 3. The van der Waals surface area contributed by atoms with E-state index >= 15 is 0 Å². The number of nitrogens with two attached hydrogens (primary N) is 1. The number of anilines is 2. The Kier molecular flexibility index (Phi) is 10.4. The van der Waals surface area contributed by atoms with Crippen LogP contribution in [0.15, 0.2) is 47.2 Å². The summed E-state index contributed by atoms with van der Waals surface area (Å²) in [7, 11) is 4.70. The number of hydrogen-bond donors (Lipinski definition) is 6. The SMILES string of the molecule is CCCP(=O)(OCC)C(Nc1cc(N(C)C)c2c(c1O)C(O)=C1C(=O)[C@]3(O)C(O)=C(C(N)=O)C(=O)[C@@H](N(C)C)[C@@H]3C[C@@H]1C2)c1ccc(OC)cc1. The van der Waals surface area contributed by atoms with Gasteiger partial charge in [0.05, 0.1) is 31.0 Å². The van der Waals surface area contributed by atoms with Crippen molar-refractivity contribution >= 4 is 42.0 Å². The number of likely N-dealkylation sites (N-methyl/N-ethyl adjacent to an activating group) is 1. The molecule has 0 bridgehead atoms. The average Bonchev–Trinajstić information content (AvgIpc) is 3.05. The number of nitrogens with zero attached hydrogens (tertiary/aromatic N) is 2. The quantitative estimate of drug-likeness (QED) is 0.104. The van der Waals surface area contributed by atoms with E-state index < -0.39 is 76.9 Å². The van der Waals surface area contributed by atoms with Gasteiger partial charge < -0.3 is 45.6 Å². The summed E-state index contributed by atoms with van der Waals surface area (Å²) in [5, 5.41) is 50.3. The number of aliphatic hydroxyl groups excluding tert-OH is 2. The van der Waals surface area contributed by atoms with Gasteiger partial charge >= 0.3 is 0 Å². The van der Waals surface area contributed by atoms with Crippen molar-refractivity contribution in [1.82, 2.24) is 4.90 Å². The molecule has 1 fully saturated rings. The Morgan fingerprint density at radius 1 is 1.12 bits per heavy atom. The van der Waals surface area contributed by atoms with Crippen LogP contribution in [0.4, 0.5) is 11.4 Å². The molecule has 276 valence electrons. The molecule has 5 rings (SSSR count). The lowest BCUT2D eigenvalue weighted by Crippen LogP contribution is -2.65. The van der Waals surface area contributed by atoms with Gasteiger partial charge in [-0.1, -0.05) is 19.1 Å². The van der Waals surface area contributed by atoms with E-state index in [2.05, 4.69) is 5.32 Å². The number of aromatic hydroxyl groups is 1. The summed E-state index contributed by atoms with van der Waals surface area (Å²) in [5.74, 6) is -7.74. The number of nitrogens with one attached hydrogen (secondary N) is 1. The van der Waals surface area contributed by atoms with Crippen LogP contribution in [0.25, 0.3) is 5.76 Å². The summed E-state index contributed by atoms with van der Waals surface area (Å²) >= 11 is 0. The van der Waals surface area contributed by atoms with Crippen molar-refractivity contribution in [1.29, 1.82) is 0 Å². The third-order valence-corrected chi connectivity index (χ3v) is 13.2. The standard InChI is InChI=1S/C36H47N4O10P/c1-8-14-51(48,50-9-2)35(18-10-12-20(49-7)13-11-18)38-23-17-24(39(3)4)21-15-19-16-22-28(40(5)6)31(43)27(34(37)46)33(45)36(22,47)32(44)25(19)30(42)26(21)29(23)41/h10-13,17,19,22,28,35,38,41-42,45,47H,8-9,14-16H2,1-7H3,(H2,37,46)/t19-,22-,28-,35?,36-,51?/m0/s1. The van der Waals surface area contributed by atoms with Gasteiger partial charge in [0.1, 0.15) is 34.4 Å².